The van der Waals surface area contributed by atoms with Crippen molar-refractivity contribution >= 4 is 5.78 Å². The first-order chi connectivity index (χ1) is 5.83. The number of hydrogen-bond acceptors (Lipinski definition) is 2. The maximum absolute atomic E-state index is 10.6. The monoisotopic (exact) mass is 160 g/mol. The van der Waals surface area contributed by atoms with Gasteiger partial charge in [-0.05, 0) is 18.1 Å². The van der Waals surface area contributed by atoms with Crippen LogP contribution in [0.5, 0.6) is 5.75 Å². The summed E-state index contributed by atoms with van der Waals surface area (Å²) < 4.78 is 5.07. The second-order valence-corrected chi connectivity index (χ2v) is 2.17. The highest BCUT2D eigenvalue weighted by Crippen LogP contribution is 2.07. The van der Waals surface area contributed by atoms with Crippen molar-refractivity contribution in [1.82, 2.24) is 0 Å². The van der Waals surface area contributed by atoms with Crippen LogP contribution in [0.4, 0.5) is 0 Å². The Morgan fingerprint density at radius 3 is 2.67 bits per heavy atom. The fourth-order valence-electron chi connectivity index (χ4n) is 0.707. The van der Waals surface area contributed by atoms with E-state index in [1.807, 2.05) is 24.1 Å². The number of ether oxygens (including phenoxy) is 1. The van der Waals surface area contributed by atoms with Gasteiger partial charge < -0.3 is 4.74 Å². The zero-order valence-corrected chi connectivity index (χ0v) is 6.49. The number of rotatable bonds is 3. The molecule has 1 rings (SSSR count). The minimum absolute atomic E-state index is 0.0550. The van der Waals surface area contributed by atoms with E-state index in [9.17, 15) is 4.79 Å². The van der Waals surface area contributed by atoms with Gasteiger partial charge in [0.15, 0.2) is 6.61 Å². The highest BCUT2D eigenvalue weighted by molar-refractivity contribution is 5.96. The Labute approximate surface area is 71.2 Å². The molecule has 0 spiro atoms. The molecule has 1 aromatic carbocycles. The second-order valence-electron chi connectivity index (χ2n) is 2.17. The van der Waals surface area contributed by atoms with Crippen LogP contribution in [0.2, 0.25) is 0 Å². The molecule has 0 heterocycles. The van der Waals surface area contributed by atoms with Gasteiger partial charge in [-0.2, -0.15) is 0 Å². The standard InChI is InChI=1S/C10H8O2/c1-2-9(11)8-12-10-6-4-3-5-7-10/h1,3-7H,8H2. The van der Waals surface area contributed by atoms with Crippen molar-refractivity contribution in [1.29, 1.82) is 0 Å². The summed E-state index contributed by atoms with van der Waals surface area (Å²) in [4.78, 5) is 10.6. The Morgan fingerprint density at radius 2 is 2.08 bits per heavy atom. The average Bonchev–Trinajstić information content (AvgIpc) is 2.16. The van der Waals surface area contributed by atoms with Crippen LogP contribution in [0.15, 0.2) is 30.3 Å². The van der Waals surface area contributed by atoms with Crippen LogP contribution < -0.4 is 4.74 Å². The second kappa shape index (κ2) is 4.20. The maximum atomic E-state index is 10.6. The lowest BCUT2D eigenvalue weighted by Crippen LogP contribution is -2.07. The summed E-state index contributed by atoms with van der Waals surface area (Å²) in [5.74, 6) is 2.28. The molecule has 2 nitrogen and oxygen atoms in total. The summed E-state index contributed by atoms with van der Waals surface area (Å²) in [6.45, 7) is -0.0550. The van der Waals surface area contributed by atoms with Crippen LogP contribution >= 0.6 is 0 Å². The lowest BCUT2D eigenvalue weighted by Gasteiger charge is -2.00. The van der Waals surface area contributed by atoms with Gasteiger partial charge >= 0.3 is 0 Å². The number of benzene rings is 1. The van der Waals surface area contributed by atoms with Gasteiger partial charge in [-0.25, -0.2) is 0 Å². The summed E-state index contributed by atoms with van der Waals surface area (Å²) in [6.07, 6.45) is 4.86. The topological polar surface area (TPSA) is 26.3 Å². The van der Waals surface area contributed by atoms with Crippen LogP contribution in [0, 0.1) is 12.3 Å². The average molecular weight is 160 g/mol. The van der Waals surface area contributed by atoms with E-state index >= 15 is 0 Å². The van der Waals surface area contributed by atoms with Gasteiger partial charge in [-0.15, -0.1) is 6.42 Å². The van der Waals surface area contributed by atoms with Gasteiger partial charge in [0.05, 0.1) is 0 Å². The summed E-state index contributed by atoms with van der Waals surface area (Å²) in [5.41, 5.74) is 0. The number of hydrogen-bond donors (Lipinski definition) is 0. The van der Waals surface area contributed by atoms with Crippen molar-refractivity contribution in [3.63, 3.8) is 0 Å². The van der Waals surface area contributed by atoms with Gasteiger partial charge in [-0.1, -0.05) is 18.2 Å². The van der Waals surface area contributed by atoms with Crippen LogP contribution in [0.1, 0.15) is 0 Å². The van der Waals surface area contributed by atoms with E-state index in [1.54, 1.807) is 12.1 Å². The first kappa shape index (κ1) is 8.35. The highest BCUT2D eigenvalue weighted by atomic mass is 16.5. The minimum atomic E-state index is -0.348. The predicted molar refractivity (Wildman–Crippen MR) is 45.8 cm³/mol. The van der Waals surface area contributed by atoms with E-state index in [4.69, 9.17) is 11.2 Å². The Hall–Kier alpha value is -1.75. The molecular weight excluding hydrogens is 152 g/mol. The summed E-state index contributed by atoms with van der Waals surface area (Å²) in [7, 11) is 0. The molecule has 0 fully saturated rings. The molecular formula is C10H8O2. The zero-order chi connectivity index (χ0) is 8.81. The molecule has 0 amide bonds. The minimum Gasteiger partial charge on any atom is -0.485 e. The van der Waals surface area contributed by atoms with E-state index in [2.05, 4.69) is 0 Å². The lowest BCUT2D eigenvalue weighted by atomic mass is 10.3. The third kappa shape index (κ3) is 2.47. The van der Waals surface area contributed by atoms with Crippen molar-refractivity contribution in [3.05, 3.63) is 30.3 Å². The van der Waals surface area contributed by atoms with Crippen molar-refractivity contribution < 1.29 is 9.53 Å². The van der Waals surface area contributed by atoms with E-state index in [-0.39, 0.29) is 12.4 Å². The zero-order valence-electron chi connectivity index (χ0n) is 6.49. The molecule has 0 bridgehead atoms. The fraction of sp³-hybridized carbons (Fsp3) is 0.100. The summed E-state index contributed by atoms with van der Waals surface area (Å²) >= 11 is 0. The third-order valence-corrected chi connectivity index (χ3v) is 1.27. The summed E-state index contributed by atoms with van der Waals surface area (Å²) in [5, 5.41) is 0. The smallest absolute Gasteiger partial charge is 0.242 e. The fourth-order valence-corrected chi connectivity index (χ4v) is 0.707. The quantitative estimate of drug-likeness (QED) is 0.491. The molecule has 0 aliphatic rings. The number of carbonyl (C=O) groups excluding carboxylic acids is 1. The molecule has 0 N–H and O–H groups in total. The molecule has 0 unspecified atom stereocenters. The molecule has 60 valence electrons. The first-order valence-corrected chi connectivity index (χ1v) is 3.50. The molecule has 0 saturated heterocycles. The number of terminal acetylenes is 1. The van der Waals surface area contributed by atoms with Gasteiger partial charge in [-0.3, -0.25) is 4.79 Å². The van der Waals surface area contributed by atoms with Gasteiger partial charge in [0.2, 0.25) is 5.78 Å². The van der Waals surface area contributed by atoms with E-state index in [0.29, 0.717) is 5.75 Å². The molecule has 12 heavy (non-hydrogen) atoms. The molecule has 0 aliphatic heterocycles. The van der Waals surface area contributed by atoms with Gasteiger partial charge in [0, 0.05) is 0 Å². The van der Waals surface area contributed by atoms with Gasteiger partial charge in [0.1, 0.15) is 5.75 Å². The number of para-hydroxylation sites is 1. The number of Topliss-reactive ketones (excluding diaryl/α,β-unsaturated/α-hetero) is 1. The molecule has 2 heteroatoms. The third-order valence-electron chi connectivity index (χ3n) is 1.27. The van der Waals surface area contributed by atoms with Gasteiger partial charge in [0.25, 0.3) is 0 Å². The van der Waals surface area contributed by atoms with E-state index < -0.39 is 0 Å². The van der Waals surface area contributed by atoms with Crippen molar-refractivity contribution in [2.24, 2.45) is 0 Å². The van der Waals surface area contributed by atoms with Crippen molar-refractivity contribution in [3.8, 4) is 18.1 Å². The number of ketones is 1. The van der Waals surface area contributed by atoms with E-state index in [0.717, 1.165) is 0 Å². The molecule has 0 aliphatic carbocycles. The van der Waals surface area contributed by atoms with Crippen LogP contribution in [0.25, 0.3) is 0 Å². The number of carbonyl (C=O) groups is 1. The maximum Gasteiger partial charge on any atom is 0.242 e. The Bertz CT molecular complexity index is 295. The molecule has 0 atom stereocenters. The van der Waals surface area contributed by atoms with Crippen LogP contribution in [-0.4, -0.2) is 12.4 Å². The first-order valence-electron chi connectivity index (χ1n) is 3.50. The summed E-state index contributed by atoms with van der Waals surface area (Å²) in [6, 6.07) is 9.06. The van der Waals surface area contributed by atoms with E-state index in [1.165, 1.54) is 0 Å². The van der Waals surface area contributed by atoms with Crippen molar-refractivity contribution in [2.75, 3.05) is 6.61 Å². The Morgan fingerprint density at radius 1 is 1.42 bits per heavy atom. The predicted octanol–water partition coefficient (Wildman–Crippen LogP) is 1.27. The highest BCUT2D eigenvalue weighted by Gasteiger charge is 1.96. The molecule has 1 aromatic rings. The Balaban J connectivity index is 2.45. The molecule has 0 saturated carbocycles. The molecule has 0 aromatic heterocycles. The largest absolute Gasteiger partial charge is 0.485 e. The van der Waals surface area contributed by atoms with Crippen LogP contribution in [0.3, 0.4) is 0 Å². The normalized spacial score (nSPS) is 8.58. The Kier molecular flexibility index (Phi) is 2.92. The molecule has 0 radical (unpaired) electrons. The van der Waals surface area contributed by atoms with Crippen molar-refractivity contribution in [2.45, 2.75) is 0 Å². The SMILES string of the molecule is C#CC(=O)COc1ccccc1. The lowest BCUT2D eigenvalue weighted by molar-refractivity contribution is -0.115. The van der Waals surface area contributed by atoms with Crippen LogP contribution in [-0.2, 0) is 4.79 Å².